The number of rotatable bonds is 3. The Labute approximate surface area is 107 Å². The number of β-lactam (4-membered cyclic amide) rings is 1. The van der Waals surface area contributed by atoms with E-state index in [-0.39, 0.29) is 22.9 Å². The quantitative estimate of drug-likeness (QED) is 0.585. The fourth-order valence-corrected chi connectivity index (χ4v) is 3.11. The first-order valence-electron chi connectivity index (χ1n) is 4.96. The van der Waals surface area contributed by atoms with Crippen LogP contribution >= 0.6 is 23.4 Å². The Bertz CT molecular complexity index is 447. The predicted molar refractivity (Wildman–Crippen MR) is 65.4 cm³/mol. The van der Waals surface area contributed by atoms with E-state index < -0.39 is 5.97 Å². The first kappa shape index (κ1) is 12.3. The molecule has 2 aliphatic rings. The second-order valence-corrected chi connectivity index (χ2v) is 5.20. The third-order valence-corrected chi connectivity index (χ3v) is 4.15. The molecule has 7 heteroatoms. The van der Waals surface area contributed by atoms with Gasteiger partial charge in [-0.3, -0.25) is 9.69 Å². The van der Waals surface area contributed by atoms with Crippen molar-refractivity contribution in [1.29, 1.82) is 0 Å². The summed E-state index contributed by atoms with van der Waals surface area (Å²) in [5.41, 5.74) is 6.57. The Morgan fingerprint density at radius 2 is 2.41 bits per heavy atom. The molecule has 2 rings (SSSR count). The summed E-state index contributed by atoms with van der Waals surface area (Å²) in [7, 11) is 0. The standard InChI is InChI=1S/C10H11ClN2O3S/c11-3-6(12)1-5-4-17-8-2-7(14)13(8)9(5)10(15)16/h1,8H,2-4,12H2,(H,15,16)/b6-1-. The van der Waals surface area contributed by atoms with Crippen LogP contribution in [0.3, 0.4) is 0 Å². The predicted octanol–water partition coefficient (Wildman–Crippen LogP) is 0.712. The molecule has 0 spiro atoms. The highest BCUT2D eigenvalue weighted by atomic mass is 35.5. The van der Waals surface area contributed by atoms with Crippen LogP contribution in [0.1, 0.15) is 6.42 Å². The lowest BCUT2D eigenvalue weighted by molar-refractivity contribution is -0.146. The Balaban J connectivity index is 2.40. The maximum absolute atomic E-state index is 11.4. The van der Waals surface area contributed by atoms with Crippen LogP contribution in [0.15, 0.2) is 23.0 Å². The summed E-state index contributed by atoms with van der Waals surface area (Å²) in [4.78, 5) is 23.9. The molecule has 0 saturated carbocycles. The fraction of sp³-hybridized carbons (Fsp3) is 0.400. The van der Waals surface area contributed by atoms with Gasteiger partial charge in [-0.25, -0.2) is 4.79 Å². The van der Waals surface area contributed by atoms with Crippen molar-refractivity contribution in [2.45, 2.75) is 11.8 Å². The molecule has 0 aromatic carbocycles. The summed E-state index contributed by atoms with van der Waals surface area (Å²) in [6.07, 6.45) is 1.95. The lowest BCUT2D eigenvalue weighted by Crippen LogP contribution is -2.53. The van der Waals surface area contributed by atoms with E-state index in [0.717, 1.165) is 0 Å². The van der Waals surface area contributed by atoms with Crippen molar-refractivity contribution < 1.29 is 14.7 Å². The monoisotopic (exact) mass is 274 g/mol. The zero-order chi connectivity index (χ0) is 12.6. The molecule has 0 aliphatic carbocycles. The van der Waals surface area contributed by atoms with E-state index in [0.29, 0.717) is 23.4 Å². The van der Waals surface area contributed by atoms with Crippen LogP contribution in [0.2, 0.25) is 0 Å². The number of nitrogens with two attached hydrogens (primary N) is 1. The largest absolute Gasteiger partial charge is 0.477 e. The molecule has 0 aromatic rings. The Morgan fingerprint density at radius 1 is 1.71 bits per heavy atom. The van der Waals surface area contributed by atoms with E-state index in [1.54, 1.807) is 6.08 Å². The van der Waals surface area contributed by atoms with Gasteiger partial charge in [0.15, 0.2) is 0 Å². The SMILES string of the molecule is N/C(=C\C1=C(C(=O)O)N2C(=O)CC2SC1)CCl. The summed E-state index contributed by atoms with van der Waals surface area (Å²) in [5, 5.41) is 9.13. The van der Waals surface area contributed by atoms with Crippen LogP contribution in [0, 0.1) is 0 Å². The summed E-state index contributed by atoms with van der Waals surface area (Å²) >= 11 is 7.09. The van der Waals surface area contributed by atoms with Gasteiger partial charge in [-0.2, -0.15) is 0 Å². The number of allylic oxidation sites excluding steroid dienone is 2. The molecular formula is C10H11ClN2O3S. The number of amides is 1. The number of hydrogen-bond acceptors (Lipinski definition) is 4. The van der Waals surface area contributed by atoms with Crippen molar-refractivity contribution in [3.8, 4) is 0 Å². The zero-order valence-corrected chi connectivity index (χ0v) is 10.4. The lowest BCUT2D eigenvalue weighted by atomic mass is 10.1. The van der Waals surface area contributed by atoms with Gasteiger partial charge in [-0.15, -0.1) is 23.4 Å². The normalized spacial score (nSPS) is 24.5. The third-order valence-electron chi connectivity index (χ3n) is 2.60. The van der Waals surface area contributed by atoms with Gasteiger partial charge in [0.1, 0.15) is 5.70 Å². The van der Waals surface area contributed by atoms with Gasteiger partial charge in [0.05, 0.1) is 17.7 Å². The Morgan fingerprint density at radius 3 is 2.94 bits per heavy atom. The molecular weight excluding hydrogens is 264 g/mol. The Kier molecular flexibility index (Phi) is 3.35. The first-order chi connectivity index (χ1) is 8.04. The van der Waals surface area contributed by atoms with Crippen LogP contribution in [0.4, 0.5) is 0 Å². The first-order valence-corrected chi connectivity index (χ1v) is 6.55. The van der Waals surface area contributed by atoms with Crippen LogP contribution in [0.5, 0.6) is 0 Å². The van der Waals surface area contributed by atoms with Gasteiger partial charge in [0, 0.05) is 11.4 Å². The van der Waals surface area contributed by atoms with Gasteiger partial charge in [0.25, 0.3) is 0 Å². The molecule has 92 valence electrons. The van der Waals surface area contributed by atoms with Crippen molar-refractivity contribution in [2.24, 2.45) is 5.73 Å². The summed E-state index contributed by atoms with van der Waals surface area (Å²) in [6, 6.07) is 0. The van der Waals surface area contributed by atoms with E-state index in [4.69, 9.17) is 17.3 Å². The van der Waals surface area contributed by atoms with Crippen molar-refractivity contribution >= 4 is 35.2 Å². The number of fused-ring (bicyclic) bond motifs is 1. The molecule has 17 heavy (non-hydrogen) atoms. The van der Waals surface area contributed by atoms with Gasteiger partial charge in [0.2, 0.25) is 5.91 Å². The highest BCUT2D eigenvalue weighted by Crippen LogP contribution is 2.40. The highest BCUT2D eigenvalue weighted by molar-refractivity contribution is 8.00. The van der Waals surface area contributed by atoms with Crippen molar-refractivity contribution in [3.05, 3.63) is 23.0 Å². The highest BCUT2D eigenvalue weighted by Gasteiger charge is 2.44. The molecule has 1 unspecified atom stereocenters. The number of carbonyl (C=O) groups excluding carboxylic acids is 1. The molecule has 0 bridgehead atoms. The van der Waals surface area contributed by atoms with Gasteiger partial charge >= 0.3 is 5.97 Å². The van der Waals surface area contributed by atoms with Gasteiger partial charge < -0.3 is 10.8 Å². The molecule has 2 aliphatic heterocycles. The number of nitrogens with zero attached hydrogens (tertiary/aromatic N) is 1. The van der Waals surface area contributed by atoms with Crippen LogP contribution in [-0.2, 0) is 9.59 Å². The molecule has 1 saturated heterocycles. The van der Waals surface area contributed by atoms with E-state index >= 15 is 0 Å². The van der Waals surface area contributed by atoms with Gasteiger partial charge in [-0.1, -0.05) is 0 Å². The summed E-state index contributed by atoms with van der Waals surface area (Å²) in [5.74, 6) is -0.585. The molecule has 0 aromatic heterocycles. The molecule has 0 radical (unpaired) electrons. The fourth-order valence-electron chi connectivity index (χ4n) is 1.81. The summed E-state index contributed by atoms with van der Waals surface area (Å²) < 4.78 is 0. The number of carboxylic acid groups (broad SMARTS) is 1. The summed E-state index contributed by atoms with van der Waals surface area (Å²) in [6.45, 7) is 0. The van der Waals surface area contributed by atoms with E-state index in [9.17, 15) is 14.7 Å². The number of thioether (sulfide) groups is 1. The average Bonchev–Trinajstić information content (AvgIpc) is 2.28. The minimum Gasteiger partial charge on any atom is -0.477 e. The number of carbonyl (C=O) groups is 2. The van der Waals surface area contributed by atoms with E-state index in [1.165, 1.54) is 16.7 Å². The second kappa shape index (κ2) is 4.62. The van der Waals surface area contributed by atoms with Gasteiger partial charge in [-0.05, 0) is 11.6 Å². The van der Waals surface area contributed by atoms with Crippen LogP contribution < -0.4 is 5.73 Å². The molecule has 1 atom stereocenters. The maximum Gasteiger partial charge on any atom is 0.352 e. The minimum atomic E-state index is -1.10. The second-order valence-electron chi connectivity index (χ2n) is 3.77. The number of halogens is 1. The van der Waals surface area contributed by atoms with Crippen molar-refractivity contribution in [3.63, 3.8) is 0 Å². The van der Waals surface area contributed by atoms with Crippen LogP contribution in [0.25, 0.3) is 0 Å². The molecule has 1 fully saturated rings. The topological polar surface area (TPSA) is 83.6 Å². The van der Waals surface area contributed by atoms with E-state index in [2.05, 4.69) is 0 Å². The molecule has 3 N–H and O–H groups in total. The number of carboxylic acids is 1. The van der Waals surface area contributed by atoms with Crippen molar-refractivity contribution in [2.75, 3.05) is 11.6 Å². The molecule has 2 heterocycles. The van der Waals surface area contributed by atoms with Crippen molar-refractivity contribution in [1.82, 2.24) is 4.90 Å². The van der Waals surface area contributed by atoms with E-state index in [1.807, 2.05) is 0 Å². The Hall–Kier alpha value is -1.14. The minimum absolute atomic E-state index is 0.0389. The lowest BCUT2D eigenvalue weighted by Gasteiger charge is -2.43. The molecule has 5 nitrogen and oxygen atoms in total. The number of alkyl halides is 1. The number of aliphatic carboxylic acids is 1. The number of hydrogen-bond donors (Lipinski definition) is 2. The maximum atomic E-state index is 11.4. The average molecular weight is 275 g/mol. The molecule has 1 amide bonds. The smallest absolute Gasteiger partial charge is 0.352 e. The van der Waals surface area contributed by atoms with Crippen LogP contribution in [-0.4, -0.2) is 38.9 Å². The third kappa shape index (κ3) is 2.14. The zero-order valence-electron chi connectivity index (χ0n) is 8.85.